The number of hydrazine groups is 1. The molecule has 0 unspecified atom stereocenters. The molecule has 0 bridgehead atoms. The number of rotatable bonds is 2. The van der Waals surface area contributed by atoms with Gasteiger partial charge in [-0.25, -0.2) is 20.2 Å². The maximum atomic E-state index is 13.6. The van der Waals surface area contributed by atoms with E-state index in [4.69, 9.17) is 17.4 Å². The van der Waals surface area contributed by atoms with Crippen molar-refractivity contribution < 1.29 is 22.4 Å². The topological polar surface area (TPSA) is 59.2 Å². The van der Waals surface area contributed by atoms with E-state index in [0.717, 1.165) is 12.1 Å². The molecule has 0 saturated carbocycles. The number of aromatic nitrogens is 1. The fraction of sp³-hybridized carbons (Fsp3) is 0.0769. The maximum absolute atomic E-state index is 13.6. The lowest BCUT2D eigenvalue weighted by Crippen LogP contribution is -2.38. The summed E-state index contributed by atoms with van der Waals surface area (Å²) in [5, 5.41) is 0.247. The van der Waals surface area contributed by atoms with Crippen molar-refractivity contribution in [3.05, 3.63) is 58.5 Å². The number of carbonyl (C=O) groups is 1. The van der Waals surface area contributed by atoms with Gasteiger partial charge in [-0.2, -0.15) is 13.2 Å². The van der Waals surface area contributed by atoms with Gasteiger partial charge in [-0.1, -0.05) is 17.7 Å². The van der Waals surface area contributed by atoms with Crippen LogP contribution >= 0.6 is 11.6 Å². The van der Waals surface area contributed by atoms with Crippen molar-refractivity contribution in [3.8, 4) is 0 Å². The van der Waals surface area contributed by atoms with E-state index in [1.165, 1.54) is 12.1 Å². The Kier molecular flexibility index (Phi) is 4.34. The molecule has 0 saturated heterocycles. The molecule has 0 aliphatic carbocycles. The first kappa shape index (κ1) is 16.2. The smallest absolute Gasteiger partial charge is 0.267 e. The zero-order valence-corrected chi connectivity index (χ0v) is 11.5. The lowest BCUT2D eigenvalue weighted by atomic mass is 10.2. The molecule has 116 valence electrons. The normalized spacial score (nSPS) is 11.4. The summed E-state index contributed by atoms with van der Waals surface area (Å²) in [6.07, 6.45) is -4.05. The molecule has 0 radical (unpaired) electrons. The second kappa shape index (κ2) is 5.90. The minimum absolute atomic E-state index is 0.174. The summed E-state index contributed by atoms with van der Waals surface area (Å²) in [4.78, 5) is 15.5. The minimum atomic E-state index is -4.57. The van der Waals surface area contributed by atoms with E-state index in [9.17, 15) is 22.4 Å². The van der Waals surface area contributed by atoms with Crippen molar-refractivity contribution in [2.75, 3.05) is 5.01 Å². The number of halogens is 5. The van der Waals surface area contributed by atoms with E-state index in [1.807, 2.05) is 0 Å². The number of anilines is 1. The number of carbonyl (C=O) groups excluding carboxylic acids is 1. The third kappa shape index (κ3) is 3.18. The Morgan fingerprint density at radius 3 is 2.41 bits per heavy atom. The zero-order chi connectivity index (χ0) is 16.5. The molecule has 0 atom stereocenters. The predicted molar refractivity (Wildman–Crippen MR) is 71.6 cm³/mol. The van der Waals surface area contributed by atoms with Crippen LogP contribution in [0.1, 0.15) is 15.9 Å². The summed E-state index contributed by atoms with van der Waals surface area (Å²) >= 11 is 5.73. The molecule has 22 heavy (non-hydrogen) atoms. The number of benzene rings is 1. The maximum Gasteiger partial charge on any atom is 0.417 e. The molecule has 2 N–H and O–H groups in total. The summed E-state index contributed by atoms with van der Waals surface area (Å²) in [7, 11) is 0. The van der Waals surface area contributed by atoms with E-state index >= 15 is 0 Å². The molecule has 2 aromatic rings. The van der Waals surface area contributed by atoms with Crippen LogP contribution in [0, 0.1) is 5.82 Å². The van der Waals surface area contributed by atoms with Gasteiger partial charge in [0.05, 0.1) is 16.1 Å². The Labute approximate surface area is 127 Å². The largest absolute Gasteiger partial charge is 0.417 e. The summed E-state index contributed by atoms with van der Waals surface area (Å²) < 4.78 is 50.9. The Bertz CT molecular complexity index is 683. The van der Waals surface area contributed by atoms with Crippen LogP contribution in [-0.4, -0.2) is 10.9 Å². The van der Waals surface area contributed by atoms with E-state index in [1.54, 1.807) is 0 Å². The second-order valence-corrected chi connectivity index (χ2v) is 4.58. The first-order valence-corrected chi connectivity index (χ1v) is 6.16. The van der Waals surface area contributed by atoms with Gasteiger partial charge in [0.1, 0.15) is 11.6 Å². The summed E-state index contributed by atoms with van der Waals surface area (Å²) in [6.45, 7) is 0. The molecule has 0 aliphatic heterocycles. The van der Waals surface area contributed by atoms with Gasteiger partial charge < -0.3 is 0 Å². The molecular formula is C13H8ClF4N3O. The van der Waals surface area contributed by atoms with Crippen LogP contribution in [0.3, 0.4) is 0 Å². The number of nitrogens with two attached hydrogens (primary N) is 1. The Morgan fingerprint density at radius 1 is 1.23 bits per heavy atom. The average molecular weight is 334 g/mol. The van der Waals surface area contributed by atoms with Crippen LogP contribution in [0.25, 0.3) is 0 Å². The van der Waals surface area contributed by atoms with Gasteiger partial charge in [0.15, 0.2) is 0 Å². The molecule has 1 aromatic carbocycles. The molecular weight excluding hydrogens is 326 g/mol. The van der Waals surface area contributed by atoms with Crippen LogP contribution in [-0.2, 0) is 6.18 Å². The SMILES string of the molecule is NN(C(=O)c1c(F)cccc1Cl)c1ccc(C(F)(F)F)cn1. The van der Waals surface area contributed by atoms with Crippen molar-refractivity contribution in [1.29, 1.82) is 0 Å². The summed E-state index contributed by atoms with van der Waals surface area (Å²) in [6, 6.07) is 5.19. The third-order valence-corrected chi connectivity index (χ3v) is 3.03. The molecule has 1 amide bonds. The van der Waals surface area contributed by atoms with Crippen LogP contribution in [0.2, 0.25) is 5.02 Å². The van der Waals surface area contributed by atoms with Crippen LogP contribution in [0.4, 0.5) is 23.4 Å². The van der Waals surface area contributed by atoms with Crippen LogP contribution in [0.5, 0.6) is 0 Å². The molecule has 0 spiro atoms. The van der Waals surface area contributed by atoms with Gasteiger partial charge in [-0.15, -0.1) is 0 Å². The van der Waals surface area contributed by atoms with Crippen molar-refractivity contribution in [3.63, 3.8) is 0 Å². The highest BCUT2D eigenvalue weighted by Crippen LogP contribution is 2.29. The number of alkyl halides is 3. The number of pyridine rings is 1. The first-order valence-electron chi connectivity index (χ1n) is 5.78. The predicted octanol–water partition coefficient (Wildman–Crippen LogP) is 3.41. The molecule has 9 heteroatoms. The van der Waals surface area contributed by atoms with Gasteiger partial charge in [0.25, 0.3) is 5.91 Å². The van der Waals surface area contributed by atoms with E-state index in [2.05, 4.69) is 4.98 Å². The first-order chi connectivity index (χ1) is 10.2. The number of hydrogen-bond acceptors (Lipinski definition) is 3. The molecule has 2 rings (SSSR count). The standard InChI is InChI=1S/C13H8ClF4N3O/c14-8-2-1-3-9(15)11(8)12(22)21(19)10-5-4-7(6-20-10)13(16,17)18/h1-6H,19H2. The molecule has 0 aliphatic rings. The summed E-state index contributed by atoms with van der Waals surface area (Å²) in [5.74, 6) is 3.27. The lowest BCUT2D eigenvalue weighted by Gasteiger charge is -2.17. The highest BCUT2D eigenvalue weighted by atomic mass is 35.5. The van der Waals surface area contributed by atoms with Crippen molar-refractivity contribution in [2.24, 2.45) is 5.84 Å². The molecule has 1 aromatic heterocycles. The lowest BCUT2D eigenvalue weighted by molar-refractivity contribution is -0.137. The fourth-order valence-electron chi connectivity index (χ4n) is 1.62. The van der Waals surface area contributed by atoms with E-state index in [0.29, 0.717) is 17.3 Å². The van der Waals surface area contributed by atoms with Crippen LogP contribution in [0.15, 0.2) is 36.5 Å². The highest BCUT2D eigenvalue weighted by molar-refractivity contribution is 6.34. The van der Waals surface area contributed by atoms with Crippen molar-refractivity contribution in [1.82, 2.24) is 4.98 Å². The van der Waals surface area contributed by atoms with E-state index < -0.39 is 29.0 Å². The van der Waals surface area contributed by atoms with Gasteiger partial charge in [0, 0.05) is 6.20 Å². The zero-order valence-electron chi connectivity index (χ0n) is 10.7. The fourth-order valence-corrected chi connectivity index (χ4v) is 1.87. The Balaban J connectivity index is 2.32. The minimum Gasteiger partial charge on any atom is -0.267 e. The number of hydrogen-bond donors (Lipinski definition) is 1. The number of nitrogens with zero attached hydrogens (tertiary/aromatic N) is 2. The van der Waals surface area contributed by atoms with Crippen LogP contribution < -0.4 is 10.9 Å². The Morgan fingerprint density at radius 2 is 1.91 bits per heavy atom. The highest BCUT2D eigenvalue weighted by Gasteiger charge is 2.31. The molecule has 0 fully saturated rings. The quantitative estimate of drug-likeness (QED) is 0.396. The van der Waals surface area contributed by atoms with Crippen molar-refractivity contribution in [2.45, 2.75) is 6.18 Å². The van der Waals surface area contributed by atoms with Gasteiger partial charge in [0.2, 0.25) is 0 Å². The molecule has 4 nitrogen and oxygen atoms in total. The number of amides is 1. The van der Waals surface area contributed by atoms with Crippen molar-refractivity contribution >= 4 is 23.3 Å². The third-order valence-electron chi connectivity index (χ3n) is 2.72. The monoisotopic (exact) mass is 333 g/mol. The van der Waals surface area contributed by atoms with Gasteiger partial charge in [-0.05, 0) is 24.3 Å². The summed E-state index contributed by atoms with van der Waals surface area (Å²) in [5.41, 5.74) is -1.49. The average Bonchev–Trinajstić information content (AvgIpc) is 2.45. The molecule has 1 heterocycles. The second-order valence-electron chi connectivity index (χ2n) is 4.17. The Hall–Kier alpha value is -2.19. The van der Waals surface area contributed by atoms with E-state index in [-0.39, 0.29) is 10.8 Å². The van der Waals surface area contributed by atoms with Gasteiger partial charge >= 0.3 is 6.18 Å². The van der Waals surface area contributed by atoms with Gasteiger partial charge in [-0.3, -0.25) is 4.79 Å².